The molecule has 3 atom stereocenters. The first-order valence-electron chi connectivity index (χ1n) is 8.87. The lowest BCUT2D eigenvalue weighted by Gasteiger charge is -2.34. The van der Waals surface area contributed by atoms with Crippen LogP contribution in [-0.2, 0) is 24.3 Å². The molecule has 0 unspecified atom stereocenters. The molecule has 2 bridgehead atoms. The summed E-state index contributed by atoms with van der Waals surface area (Å²) in [6, 6.07) is 2.91. The van der Waals surface area contributed by atoms with Gasteiger partial charge in [-0.05, 0) is 44.1 Å². The lowest BCUT2D eigenvalue weighted by Crippen LogP contribution is -2.48. The van der Waals surface area contributed by atoms with E-state index in [9.17, 15) is 18.0 Å². The number of carbonyl (C=O) groups is 2. The van der Waals surface area contributed by atoms with Gasteiger partial charge in [0.2, 0.25) is 5.91 Å². The summed E-state index contributed by atoms with van der Waals surface area (Å²) in [4.78, 5) is 27.0. The Morgan fingerprint density at radius 2 is 2.15 bits per heavy atom. The molecule has 2 saturated heterocycles. The van der Waals surface area contributed by atoms with Crippen LogP contribution in [0.4, 0.5) is 0 Å². The van der Waals surface area contributed by atoms with Crippen LogP contribution < -0.4 is 4.72 Å². The summed E-state index contributed by atoms with van der Waals surface area (Å²) in [6.45, 7) is 3.74. The van der Waals surface area contributed by atoms with Gasteiger partial charge in [-0.3, -0.25) is 9.59 Å². The molecule has 7 nitrogen and oxygen atoms in total. The maximum Gasteiger partial charge on any atom is 0.314 e. The number of fused-ring (bicyclic) bond motifs is 2. The molecule has 3 heterocycles. The van der Waals surface area contributed by atoms with E-state index in [-0.39, 0.29) is 34.7 Å². The maximum atomic E-state index is 12.8. The summed E-state index contributed by atoms with van der Waals surface area (Å²) in [6.07, 6.45) is 2.80. The Kier molecular flexibility index (Phi) is 5.41. The Hall–Kier alpha value is -1.45. The first kappa shape index (κ1) is 19.3. The van der Waals surface area contributed by atoms with Crippen molar-refractivity contribution in [2.24, 2.45) is 5.41 Å². The molecule has 0 aromatic carbocycles. The maximum absolute atomic E-state index is 12.8. The lowest BCUT2D eigenvalue weighted by molar-refractivity contribution is -0.158. The average Bonchev–Trinajstić information content (AvgIpc) is 3.34. The highest BCUT2D eigenvalue weighted by atomic mass is 32.2. The van der Waals surface area contributed by atoms with Crippen LogP contribution in [0, 0.1) is 5.41 Å². The van der Waals surface area contributed by atoms with Crippen molar-refractivity contribution in [3.63, 3.8) is 0 Å². The molecular formula is C17H24N2O5S2. The molecule has 1 aromatic rings. The van der Waals surface area contributed by atoms with Crippen molar-refractivity contribution in [1.29, 1.82) is 0 Å². The SMILES string of the molecule is CCOC(=O)[C@@]1(CC)C[C@H]2CC[C@@H]1N2C(=O)CNS(=O)(=O)c1cccs1. The van der Waals surface area contributed by atoms with E-state index in [1.54, 1.807) is 23.3 Å². The predicted molar refractivity (Wildman–Crippen MR) is 97.1 cm³/mol. The number of thiophene rings is 1. The van der Waals surface area contributed by atoms with Crippen LogP contribution in [0.15, 0.2) is 21.7 Å². The van der Waals surface area contributed by atoms with Crippen molar-refractivity contribution in [1.82, 2.24) is 9.62 Å². The molecule has 0 aliphatic carbocycles. The van der Waals surface area contributed by atoms with Crippen molar-refractivity contribution in [3.05, 3.63) is 17.5 Å². The van der Waals surface area contributed by atoms with Crippen LogP contribution >= 0.6 is 11.3 Å². The number of ether oxygens (including phenoxy) is 1. The van der Waals surface area contributed by atoms with Crippen LogP contribution in [0.3, 0.4) is 0 Å². The lowest BCUT2D eigenvalue weighted by atomic mass is 9.72. The standard InChI is InChI=1S/C17H24N2O5S2/c1-3-17(16(21)24-4-2)10-12-7-8-13(17)19(12)14(20)11-18-26(22,23)15-6-5-9-25-15/h5-6,9,12-13,18H,3-4,7-8,10-11H2,1-2H3/t12-,13+,17+/m1/s1. The molecule has 1 amide bonds. The highest BCUT2D eigenvalue weighted by Gasteiger charge is 2.60. The van der Waals surface area contributed by atoms with Crippen LogP contribution in [0.1, 0.15) is 39.5 Å². The predicted octanol–water partition coefficient (Wildman–Crippen LogP) is 1.75. The third-order valence-electron chi connectivity index (χ3n) is 5.51. The van der Waals surface area contributed by atoms with Gasteiger partial charge in [0.1, 0.15) is 4.21 Å². The number of hydrogen-bond donors (Lipinski definition) is 1. The van der Waals surface area contributed by atoms with Gasteiger partial charge in [0, 0.05) is 12.1 Å². The number of nitrogens with zero attached hydrogens (tertiary/aromatic N) is 1. The Morgan fingerprint density at radius 3 is 2.77 bits per heavy atom. The van der Waals surface area contributed by atoms with Gasteiger partial charge in [-0.2, -0.15) is 0 Å². The second-order valence-corrected chi connectivity index (χ2v) is 9.68. The van der Waals surface area contributed by atoms with Crippen molar-refractivity contribution >= 4 is 33.2 Å². The highest BCUT2D eigenvalue weighted by Crippen LogP contribution is 2.52. The summed E-state index contributed by atoms with van der Waals surface area (Å²) in [5, 5.41) is 1.67. The van der Waals surface area contributed by atoms with E-state index in [4.69, 9.17) is 4.74 Å². The fraction of sp³-hybridized carbons (Fsp3) is 0.647. The molecule has 2 aliphatic heterocycles. The van der Waals surface area contributed by atoms with Crippen molar-refractivity contribution < 1.29 is 22.7 Å². The van der Waals surface area contributed by atoms with E-state index in [0.717, 1.165) is 24.2 Å². The van der Waals surface area contributed by atoms with Crippen molar-refractivity contribution in [3.8, 4) is 0 Å². The third kappa shape index (κ3) is 3.16. The van der Waals surface area contributed by atoms with Gasteiger partial charge in [-0.15, -0.1) is 11.3 Å². The molecule has 0 spiro atoms. The zero-order valence-electron chi connectivity index (χ0n) is 14.9. The molecule has 1 N–H and O–H groups in total. The second-order valence-electron chi connectivity index (χ2n) is 6.74. The van der Waals surface area contributed by atoms with E-state index in [0.29, 0.717) is 19.4 Å². The summed E-state index contributed by atoms with van der Waals surface area (Å²) < 4.78 is 32.3. The van der Waals surface area contributed by atoms with Crippen molar-refractivity contribution in [2.75, 3.05) is 13.2 Å². The minimum Gasteiger partial charge on any atom is -0.466 e. The van der Waals surface area contributed by atoms with Crippen molar-refractivity contribution in [2.45, 2.75) is 55.8 Å². The van der Waals surface area contributed by atoms with Crippen LogP contribution in [0.25, 0.3) is 0 Å². The number of sulfonamides is 1. The van der Waals surface area contributed by atoms with Gasteiger partial charge in [-0.1, -0.05) is 13.0 Å². The monoisotopic (exact) mass is 400 g/mol. The summed E-state index contributed by atoms with van der Waals surface area (Å²) in [5.41, 5.74) is -0.665. The Balaban J connectivity index is 1.72. The molecule has 144 valence electrons. The molecule has 0 saturated carbocycles. The third-order valence-corrected chi connectivity index (χ3v) is 8.31. The summed E-state index contributed by atoms with van der Waals surface area (Å²) in [7, 11) is -3.69. The van der Waals surface area contributed by atoms with E-state index < -0.39 is 15.4 Å². The molecule has 0 radical (unpaired) electrons. The second kappa shape index (κ2) is 7.28. The smallest absolute Gasteiger partial charge is 0.314 e. The topological polar surface area (TPSA) is 92.8 Å². The normalized spacial score (nSPS) is 27.7. The number of amides is 1. The van der Waals surface area contributed by atoms with E-state index in [1.165, 1.54) is 6.07 Å². The zero-order chi connectivity index (χ0) is 18.9. The molecule has 1 aromatic heterocycles. The van der Waals surface area contributed by atoms with Gasteiger partial charge in [-0.25, -0.2) is 13.1 Å². The van der Waals surface area contributed by atoms with E-state index >= 15 is 0 Å². The number of hydrogen-bond acceptors (Lipinski definition) is 6. The largest absolute Gasteiger partial charge is 0.466 e. The number of nitrogens with one attached hydrogen (secondary N) is 1. The summed E-state index contributed by atoms with van der Waals surface area (Å²) in [5.74, 6) is -0.524. The molecule has 2 fully saturated rings. The van der Waals surface area contributed by atoms with E-state index in [2.05, 4.69) is 4.72 Å². The average molecular weight is 401 g/mol. The Bertz CT molecular complexity index is 777. The van der Waals surface area contributed by atoms with Gasteiger partial charge in [0.25, 0.3) is 10.0 Å². The minimum absolute atomic E-state index is 0.0249. The quantitative estimate of drug-likeness (QED) is 0.704. The van der Waals surface area contributed by atoms with E-state index in [1.807, 2.05) is 6.92 Å². The Morgan fingerprint density at radius 1 is 1.38 bits per heavy atom. The fourth-order valence-corrected chi connectivity index (χ4v) is 6.33. The van der Waals surface area contributed by atoms with Crippen LogP contribution in [-0.4, -0.2) is 50.4 Å². The van der Waals surface area contributed by atoms with Gasteiger partial charge < -0.3 is 9.64 Å². The first-order chi connectivity index (χ1) is 12.4. The fourth-order valence-electron chi connectivity index (χ4n) is 4.31. The Labute approximate surface area is 157 Å². The molecule has 2 aliphatic rings. The zero-order valence-corrected chi connectivity index (χ0v) is 16.6. The van der Waals surface area contributed by atoms with Gasteiger partial charge in [0.15, 0.2) is 0 Å². The number of esters is 1. The first-order valence-corrected chi connectivity index (χ1v) is 11.2. The molecule has 26 heavy (non-hydrogen) atoms. The number of rotatable bonds is 7. The van der Waals surface area contributed by atoms with Crippen LogP contribution in [0.5, 0.6) is 0 Å². The number of carbonyl (C=O) groups excluding carboxylic acids is 2. The van der Waals surface area contributed by atoms with Gasteiger partial charge in [0.05, 0.1) is 18.6 Å². The molecular weight excluding hydrogens is 376 g/mol. The van der Waals surface area contributed by atoms with Crippen LogP contribution in [0.2, 0.25) is 0 Å². The molecule has 9 heteroatoms. The highest BCUT2D eigenvalue weighted by molar-refractivity contribution is 7.91. The molecule has 3 rings (SSSR count). The summed E-state index contributed by atoms with van der Waals surface area (Å²) >= 11 is 1.10. The minimum atomic E-state index is -3.69. The van der Waals surface area contributed by atoms with Gasteiger partial charge >= 0.3 is 5.97 Å².